The first-order chi connectivity index (χ1) is 13.5. The average molecular weight is 378 g/mol. The number of hydrogen-bond acceptors (Lipinski definition) is 5. The van der Waals surface area contributed by atoms with Gasteiger partial charge in [0.05, 0.1) is 11.4 Å². The monoisotopic (exact) mass is 378 g/mol. The molecule has 3 rings (SSSR count). The van der Waals surface area contributed by atoms with Crippen molar-refractivity contribution in [2.75, 3.05) is 0 Å². The van der Waals surface area contributed by atoms with E-state index in [0.717, 1.165) is 4.57 Å². The van der Waals surface area contributed by atoms with Crippen LogP contribution < -0.4 is 16.7 Å². The fourth-order valence-corrected chi connectivity index (χ4v) is 2.69. The molecule has 0 unspecified atom stereocenters. The van der Waals surface area contributed by atoms with Gasteiger partial charge in [-0.1, -0.05) is 43.3 Å². The molecular formula is C20H18N4O4. The van der Waals surface area contributed by atoms with Gasteiger partial charge in [-0.25, -0.2) is 14.8 Å². The number of nitrogens with zero attached hydrogens (tertiary/aromatic N) is 2. The van der Waals surface area contributed by atoms with Crippen molar-refractivity contribution < 1.29 is 9.90 Å². The van der Waals surface area contributed by atoms with Crippen molar-refractivity contribution in [1.82, 2.24) is 15.0 Å². The summed E-state index contributed by atoms with van der Waals surface area (Å²) in [4.78, 5) is 38.9. The summed E-state index contributed by atoms with van der Waals surface area (Å²) in [5.74, 6) is -1.01. The molecule has 0 aliphatic carbocycles. The molecule has 1 amide bonds. The van der Waals surface area contributed by atoms with Crippen LogP contribution in [-0.2, 0) is 0 Å². The van der Waals surface area contributed by atoms with E-state index in [1.165, 1.54) is 0 Å². The molecule has 8 heteroatoms. The predicted molar refractivity (Wildman–Crippen MR) is 105 cm³/mol. The second kappa shape index (κ2) is 8.17. The molecule has 3 aromatic rings. The Morgan fingerprint density at radius 1 is 1.07 bits per heavy atom. The Hall–Kier alpha value is -3.94. The van der Waals surface area contributed by atoms with E-state index in [-0.39, 0.29) is 17.7 Å². The number of aromatic nitrogens is 2. The number of carbonyl (C=O) groups excluding carboxylic acids is 1. The molecule has 8 nitrogen and oxygen atoms in total. The van der Waals surface area contributed by atoms with Crippen LogP contribution in [0.25, 0.3) is 5.69 Å². The second-order valence-electron chi connectivity index (χ2n) is 5.85. The van der Waals surface area contributed by atoms with Gasteiger partial charge in [-0.2, -0.15) is 5.10 Å². The highest BCUT2D eigenvalue weighted by atomic mass is 16.3. The summed E-state index contributed by atoms with van der Waals surface area (Å²) in [6.45, 7) is 1.71. The highest BCUT2D eigenvalue weighted by molar-refractivity contribution is 6.03. The Morgan fingerprint density at radius 2 is 1.68 bits per heavy atom. The van der Waals surface area contributed by atoms with Gasteiger partial charge in [-0.05, 0) is 30.7 Å². The molecule has 0 aliphatic rings. The molecule has 0 spiro atoms. The van der Waals surface area contributed by atoms with Crippen LogP contribution in [0.3, 0.4) is 0 Å². The molecule has 0 atom stereocenters. The molecule has 0 fully saturated rings. The largest absolute Gasteiger partial charge is 0.493 e. The van der Waals surface area contributed by atoms with E-state index < -0.39 is 23.0 Å². The topological polar surface area (TPSA) is 117 Å². The van der Waals surface area contributed by atoms with Gasteiger partial charge in [0.25, 0.3) is 11.5 Å². The maximum atomic E-state index is 12.3. The van der Waals surface area contributed by atoms with E-state index in [4.69, 9.17) is 0 Å². The zero-order valence-corrected chi connectivity index (χ0v) is 15.0. The highest BCUT2D eigenvalue weighted by Crippen LogP contribution is 2.17. The molecule has 0 saturated heterocycles. The van der Waals surface area contributed by atoms with Crippen molar-refractivity contribution in [3.63, 3.8) is 0 Å². The summed E-state index contributed by atoms with van der Waals surface area (Å²) in [6, 6.07) is 16.8. The van der Waals surface area contributed by atoms with Gasteiger partial charge in [0.2, 0.25) is 5.88 Å². The lowest BCUT2D eigenvalue weighted by Gasteiger charge is -2.12. The SMILES string of the molecule is CCC(=NNC(=O)c1ccccc1)c1c(O)n(-c2ccccc2)c(=O)[nH]c1=O. The van der Waals surface area contributed by atoms with Gasteiger partial charge in [0.15, 0.2) is 0 Å². The first-order valence-corrected chi connectivity index (χ1v) is 8.59. The molecular weight excluding hydrogens is 360 g/mol. The number of hydrazone groups is 1. The molecule has 0 radical (unpaired) electrons. The van der Waals surface area contributed by atoms with Crippen molar-refractivity contribution in [3.05, 3.63) is 92.6 Å². The normalized spacial score (nSPS) is 11.2. The summed E-state index contributed by atoms with van der Waals surface area (Å²) in [5.41, 5.74) is 1.54. The van der Waals surface area contributed by atoms with Crippen LogP contribution in [0.1, 0.15) is 29.3 Å². The van der Waals surface area contributed by atoms with E-state index in [9.17, 15) is 19.5 Å². The Kier molecular flexibility index (Phi) is 5.50. The first kappa shape index (κ1) is 18.8. The van der Waals surface area contributed by atoms with Crippen LogP contribution in [0, 0.1) is 0 Å². The van der Waals surface area contributed by atoms with Crippen molar-refractivity contribution in [3.8, 4) is 11.6 Å². The number of hydrogen-bond donors (Lipinski definition) is 3. The Morgan fingerprint density at radius 3 is 2.29 bits per heavy atom. The third-order valence-electron chi connectivity index (χ3n) is 4.05. The molecule has 142 valence electrons. The Bertz CT molecular complexity index is 1130. The number of nitrogens with one attached hydrogen (secondary N) is 2. The molecule has 1 aromatic heterocycles. The maximum absolute atomic E-state index is 12.3. The molecule has 2 aromatic carbocycles. The number of benzene rings is 2. The van der Waals surface area contributed by atoms with Crippen LogP contribution in [-0.4, -0.2) is 26.3 Å². The number of rotatable bonds is 5. The summed E-state index contributed by atoms with van der Waals surface area (Å²) in [6.07, 6.45) is 0.235. The number of H-pyrrole nitrogens is 1. The molecule has 28 heavy (non-hydrogen) atoms. The minimum atomic E-state index is -0.788. The van der Waals surface area contributed by atoms with Gasteiger partial charge < -0.3 is 5.11 Å². The summed E-state index contributed by atoms with van der Waals surface area (Å²) >= 11 is 0. The molecule has 1 heterocycles. The van der Waals surface area contributed by atoms with Crippen LogP contribution in [0.5, 0.6) is 5.88 Å². The van der Waals surface area contributed by atoms with Crippen molar-refractivity contribution in [2.24, 2.45) is 5.10 Å². The minimum absolute atomic E-state index is 0.132. The number of carbonyl (C=O) groups is 1. The number of para-hydroxylation sites is 1. The van der Waals surface area contributed by atoms with E-state index in [0.29, 0.717) is 11.3 Å². The van der Waals surface area contributed by atoms with Gasteiger partial charge in [-0.15, -0.1) is 0 Å². The third-order valence-corrected chi connectivity index (χ3v) is 4.05. The lowest BCUT2D eigenvalue weighted by Crippen LogP contribution is -2.33. The standard InChI is InChI=1S/C20H18N4O4/c1-2-15(22-23-17(25)13-9-5-3-6-10-13)16-18(26)21-20(28)24(19(16)27)14-11-7-4-8-12-14/h3-12,27H,2H2,1H3,(H,23,25)(H,21,26,28). The molecule has 3 N–H and O–H groups in total. The Labute approximate surface area is 159 Å². The lowest BCUT2D eigenvalue weighted by atomic mass is 10.1. The van der Waals surface area contributed by atoms with Gasteiger partial charge >= 0.3 is 5.69 Å². The predicted octanol–water partition coefficient (Wildman–Crippen LogP) is 1.78. The van der Waals surface area contributed by atoms with Crippen LogP contribution >= 0.6 is 0 Å². The van der Waals surface area contributed by atoms with Crippen molar-refractivity contribution in [2.45, 2.75) is 13.3 Å². The lowest BCUT2D eigenvalue weighted by molar-refractivity contribution is 0.0954. The van der Waals surface area contributed by atoms with Gasteiger partial charge in [0.1, 0.15) is 5.56 Å². The van der Waals surface area contributed by atoms with Gasteiger partial charge in [-0.3, -0.25) is 14.6 Å². The van der Waals surface area contributed by atoms with E-state index in [1.54, 1.807) is 67.6 Å². The van der Waals surface area contributed by atoms with E-state index >= 15 is 0 Å². The van der Waals surface area contributed by atoms with Crippen molar-refractivity contribution in [1.29, 1.82) is 0 Å². The quantitative estimate of drug-likeness (QED) is 0.463. The highest BCUT2D eigenvalue weighted by Gasteiger charge is 2.19. The first-order valence-electron chi connectivity index (χ1n) is 8.59. The molecule has 0 aliphatic heterocycles. The van der Waals surface area contributed by atoms with E-state index in [2.05, 4.69) is 15.5 Å². The number of amides is 1. The average Bonchev–Trinajstić information content (AvgIpc) is 2.71. The van der Waals surface area contributed by atoms with Crippen LogP contribution in [0.2, 0.25) is 0 Å². The summed E-state index contributed by atoms with van der Waals surface area (Å²) in [5, 5.41) is 14.6. The summed E-state index contributed by atoms with van der Waals surface area (Å²) in [7, 11) is 0. The van der Waals surface area contributed by atoms with Crippen molar-refractivity contribution >= 4 is 11.6 Å². The maximum Gasteiger partial charge on any atom is 0.335 e. The number of aromatic hydroxyl groups is 1. The zero-order valence-electron chi connectivity index (χ0n) is 15.0. The smallest absolute Gasteiger partial charge is 0.335 e. The zero-order chi connectivity index (χ0) is 20.1. The third kappa shape index (κ3) is 3.75. The minimum Gasteiger partial charge on any atom is -0.493 e. The Balaban J connectivity index is 2.04. The van der Waals surface area contributed by atoms with Crippen LogP contribution in [0.4, 0.5) is 0 Å². The van der Waals surface area contributed by atoms with Crippen LogP contribution in [0.15, 0.2) is 75.4 Å². The summed E-state index contributed by atoms with van der Waals surface area (Å²) < 4.78 is 0.973. The molecule has 0 saturated carbocycles. The fourth-order valence-electron chi connectivity index (χ4n) is 2.69. The number of aromatic amines is 1. The molecule has 0 bridgehead atoms. The fraction of sp³-hybridized carbons (Fsp3) is 0.100. The van der Waals surface area contributed by atoms with Gasteiger partial charge in [0, 0.05) is 5.56 Å². The van der Waals surface area contributed by atoms with E-state index in [1.807, 2.05) is 0 Å². The second-order valence-corrected chi connectivity index (χ2v) is 5.85.